The number of benzene rings is 2. The van der Waals surface area contributed by atoms with Crippen molar-refractivity contribution in [3.05, 3.63) is 65.5 Å². The van der Waals surface area contributed by atoms with Crippen LogP contribution in [0.2, 0.25) is 0 Å². The minimum Gasteiger partial charge on any atom is -0.508 e. The first-order chi connectivity index (χ1) is 11.2. The molecule has 2 atom stereocenters. The Labute approximate surface area is 134 Å². The molecular formula is C18H18FNO3. The molecule has 1 N–H and O–H groups in total. The first-order valence-electron chi connectivity index (χ1n) is 7.50. The number of carbonyl (C=O) groups excluding carboxylic acids is 1. The first kappa shape index (κ1) is 15.6. The monoisotopic (exact) mass is 315 g/mol. The number of aromatic hydroxyl groups is 1. The van der Waals surface area contributed by atoms with Crippen LogP contribution in [-0.2, 0) is 16.1 Å². The molecule has 0 radical (unpaired) electrons. The lowest BCUT2D eigenvalue weighted by molar-refractivity contribution is -0.124. The number of carbonyl (C=O) groups is 1. The highest BCUT2D eigenvalue weighted by molar-refractivity contribution is 5.58. The third-order valence-corrected chi connectivity index (χ3v) is 4.05. The van der Waals surface area contributed by atoms with Crippen LogP contribution < -0.4 is 0 Å². The molecule has 4 nitrogen and oxygen atoms in total. The van der Waals surface area contributed by atoms with Crippen molar-refractivity contribution in [1.82, 2.24) is 4.90 Å². The van der Waals surface area contributed by atoms with Crippen LogP contribution in [0.1, 0.15) is 17.2 Å². The summed E-state index contributed by atoms with van der Waals surface area (Å²) in [6.45, 7) is 1.24. The summed E-state index contributed by atoms with van der Waals surface area (Å²) in [4.78, 5) is 13.3. The van der Waals surface area contributed by atoms with Crippen molar-refractivity contribution in [2.45, 2.75) is 18.7 Å². The number of phenolic OH excluding ortho intramolecular Hbond substituents is 1. The standard InChI is InChI=1S/C18H18FNO3/c19-17-8-15(22)6-7-16(17)18-10-20(14(11-21)12-23-18)9-13-4-2-1-3-5-13/h1-8,11,14,18,22H,9-10,12H2. The van der Waals surface area contributed by atoms with E-state index >= 15 is 0 Å². The van der Waals surface area contributed by atoms with Gasteiger partial charge < -0.3 is 14.6 Å². The van der Waals surface area contributed by atoms with Crippen LogP contribution in [0.3, 0.4) is 0 Å². The largest absolute Gasteiger partial charge is 0.508 e. The van der Waals surface area contributed by atoms with Crippen LogP contribution in [0, 0.1) is 5.82 Å². The quantitative estimate of drug-likeness (QED) is 0.881. The molecule has 0 saturated carbocycles. The van der Waals surface area contributed by atoms with E-state index < -0.39 is 11.9 Å². The number of rotatable bonds is 4. The fraction of sp³-hybridized carbons (Fsp3) is 0.278. The highest BCUT2D eigenvalue weighted by Crippen LogP contribution is 2.29. The maximum Gasteiger partial charge on any atom is 0.139 e. The van der Waals surface area contributed by atoms with Crippen LogP contribution >= 0.6 is 0 Å². The lowest BCUT2D eigenvalue weighted by Crippen LogP contribution is -2.47. The predicted octanol–water partition coefficient (Wildman–Crippen LogP) is 2.67. The minimum atomic E-state index is -0.501. The molecule has 0 amide bonds. The molecule has 0 bridgehead atoms. The van der Waals surface area contributed by atoms with E-state index in [2.05, 4.69) is 0 Å². The molecule has 1 aliphatic heterocycles. The van der Waals surface area contributed by atoms with E-state index in [-0.39, 0.29) is 18.4 Å². The van der Waals surface area contributed by atoms with Gasteiger partial charge in [-0.2, -0.15) is 0 Å². The van der Waals surface area contributed by atoms with Crippen LogP contribution in [-0.4, -0.2) is 35.5 Å². The smallest absolute Gasteiger partial charge is 0.139 e. The molecule has 23 heavy (non-hydrogen) atoms. The average Bonchev–Trinajstić information content (AvgIpc) is 2.56. The Morgan fingerprint density at radius 1 is 1.26 bits per heavy atom. The van der Waals surface area contributed by atoms with Gasteiger partial charge in [0.1, 0.15) is 17.9 Å². The van der Waals surface area contributed by atoms with Gasteiger partial charge in [0.2, 0.25) is 0 Å². The van der Waals surface area contributed by atoms with Gasteiger partial charge in [-0.25, -0.2) is 4.39 Å². The zero-order valence-electron chi connectivity index (χ0n) is 12.6. The van der Waals surface area contributed by atoms with Crippen molar-refractivity contribution >= 4 is 6.29 Å². The summed E-state index contributed by atoms with van der Waals surface area (Å²) in [6, 6.07) is 13.5. The Balaban J connectivity index is 1.79. The van der Waals surface area contributed by atoms with Crippen molar-refractivity contribution in [3.8, 4) is 5.75 Å². The van der Waals surface area contributed by atoms with Crippen LogP contribution in [0.5, 0.6) is 5.75 Å². The van der Waals surface area contributed by atoms with E-state index in [1.807, 2.05) is 35.2 Å². The SMILES string of the molecule is O=CC1COC(c2ccc(O)cc2F)CN1Cc1ccccc1. The van der Waals surface area contributed by atoms with E-state index in [9.17, 15) is 14.3 Å². The fourth-order valence-electron chi connectivity index (χ4n) is 2.81. The molecule has 5 heteroatoms. The molecule has 0 aliphatic carbocycles. The third kappa shape index (κ3) is 3.57. The first-order valence-corrected chi connectivity index (χ1v) is 7.50. The Bertz CT molecular complexity index is 677. The topological polar surface area (TPSA) is 49.8 Å². The molecule has 1 saturated heterocycles. The molecule has 1 heterocycles. The summed E-state index contributed by atoms with van der Waals surface area (Å²) in [5.74, 6) is -0.617. The Morgan fingerprint density at radius 3 is 2.74 bits per heavy atom. The second kappa shape index (κ2) is 6.89. The Kier molecular flexibility index (Phi) is 4.69. The number of phenols is 1. The normalized spacial score (nSPS) is 22.0. The van der Waals surface area contributed by atoms with Gasteiger partial charge in [0, 0.05) is 24.7 Å². The molecule has 0 spiro atoms. The van der Waals surface area contributed by atoms with E-state index in [0.717, 1.165) is 17.9 Å². The molecule has 2 aromatic carbocycles. The molecule has 2 unspecified atom stereocenters. The van der Waals surface area contributed by atoms with E-state index in [0.29, 0.717) is 18.7 Å². The summed E-state index contributed by atoms with van der Waals surface area (Å²) in [5, 5.41) is 9.33. The van der Waals surface area contributed by atoms with Crippen molar-refractivity contribution in [2.24, 2.45) is 0 Å². The number of aldehydes is 1. The highest BCUT2D eigenvalue weighted by atomic mass is 19.1. The van der Waals surface area contributed by atoms with Crippen molar-refractivity contribution in [2.75, 3.05) is 13.2 Å². The van der Waals surface area contributed by atoms with Gasteiger partial charge in [-0.15, -0.1) is 0 Å². The summed E-state index contributed by atoms with van der Waals surface area (Å²) in [5.41, 5.74) is 1.48. The van der Waals surface area contributed by atoms with Crippen molar-refractivity contribution in [1.29, 1.82) is 0 Å². The molecule has 3 rings (SSSR count). The molecule has 2 aromatic rings. The summed E-state index contributed by atoms with van der Waals surface area (Å²) in [6.07, 6.45) is 0.405. The zero-order chi connectivity index (χ0) is 16.2. The predicted molar refractivity (Wildman–Crippen MR) is 83.5 cm³/mol. The summed E-state index contributed by atoms with van der Waals surface area (Å²) in [7, 11) is 0. The van der Waals surface area contributed by atoms with Gasteiger partial charge in [-0.05, 0) is 17.7 Å². The van der Waals surface area contributed by atoms with Crippen LogP contribution in [0.4, 0.5) is 4.39 Å². The zero-order valence-corrected chi connectivity index (χ0v) is 12.6. The lowest BCUT2D eigenvalue weighted by atomic mass is 10.0. The van der Waals surface area contributed by atoms with Gasteiger partial charge in [0.15, 0.2) is 0 Å². The number of hydrogen-bond donors (Lipinski definition) is 1. The highest BCUT2D eigenvalue weighted by Gasteiger charge is 2.31. The molecular weight excluding hydrogens is 297 g/mol. The maximum absolute atomic E-state index is 14.0. The fourth-order valence-corrected chi connectivity index (χ4v) is 2.81. The molecule has 1 fully saturated rings. The summed E-state index contributed by atoms with van der Waals surface area (Å²) < 4.78 is 19.7. The Morgan fingerprint density at radius 2 is 2.04 bits per heavy atom. The number of morpholine rings is 1. The number of hydrogen-bond acceptors (Lipinski definition) is 4. The van der Waals surface area contributed by atoms with Gasteiger partial charge in [-0.3, -0.25) is 4.90 Å². The molecule has 0 aromatic heterocycles. The number of ether oxygens (including phenoxy) is 1. The Hall–Kier alpha value is -2.24. The third-order valence-electron chi connectivity index (χ3n) is 4.05. The van der Waals surface area contributed by atoms with Gasteiger partial charge in [0.05, 0.1) is 18.8 Å². The van der Waals surface area contributed by atoms with Gasteiger partial charge >= 0.3 is 0 Å². The summed E-state index contributed by atoms with van der Waals surface area (Å²) >= 11 is 0. The second-order valence-corrected chi connectivity index (χ2v) is 5.65. The van der Waals surface area contributed by atoms with Crippen LogP contribution in [0.15, 0.2) is 48.5 Å². The maximum atomic E-state index is 14.0. The van der Waals surface area contributed by atoms with Crippen molar-refractivity contribution in [3.63, 3.8) is 0 Å². The van der Waals surface area contributed by atoms with Crippen molar-refractivity contribution < 1.29 is 19.0 Å². The minimum absolute atomic E-state index is 0.117. The molecule has 1 aliphatic rings. The molecule has 120 valence electrons. The number of nitrogens with zero attached hydrogens (tertiary/aromatic N) is 1. The average molecular weight is 315 g/mol. The van der Waals surface area contributed by atoms with Crippen LogP contribution in [0.25, 0.3) is 0 Å². The van der Waals surface area contributed by atoms with E-state index in [1.165, 1.54) is 12.1 Å². The van der Waals surface area contributed by atoms with E-state index in [4.69, 9.17) is 4.74 Å². The number of halogens is 1. The van der Waals surface area contributed by atoms with Gasteiger partial charge in [0.25, 0.3) is 0 Å². The van der Waals surface area contributed by atoms with Gasteiger partial charge in [-0.1, -0.05) is 30.3 Å². The van der Waals surface area contributed by atoms with E-state index in [1.54, 1.807) is 0 Å². The lowest BCUT2D eigenvalue weighted by Gasteiger charge is -2.37. The second-order valence-electron chi connectivity index (χ2n) is 5.65.